The first-order valence-electron chi connectivity index (χ1n) is 10.3. The first-order valence-corrected chi connectivity index (χ1v) is 10.3. The van der Waals surface area contributed by atoms with Crippen LogP contribution in [0.15, 0.2) is 53.5 Å². The van der Waals surface area contributed by atoms with Gasteiger partial charge in [0.25, 0.3) is 0 Å². The van der Waals surface area contributed by atoms with Crippen LogP contribution in [0.2, 0.25) is 0 Å². The molecule has 0 bridgehead atoms. The first-order chi connectivity index (χ1) is 15.2. The second kappa shape index (κ2) is 8.17. The van der Waals surface area contributed by atoms with Crippen LogP contribution in [0, 0.1) is 0 Å². The largest absolute Gasteiger partial charge is 0.441 e. The van der Waals surface area contributed by atoms with E-state index in [9.17, 15) is 4.79 Å². The van der Waals surface area contributed by atoms with Gasteiger partial charge in [0.2, 0.25) is 5.91 Å². The van der Waals surface area contributed by atoms with E-state index in [1.165, 1.54) is 0 Å². The average molecular weight is 417 g/mol. The molecule has 1 saturated heterocycles. The third kappa shape index (κ3) is 3.86. The summed E-state index contributed by atoms with van der Waals surface area (Å²) < 4.78 is 7.56. The molecule has 31 heavy (non-hydrogen) atoms. The van der Waals surface area contributed by atoms with E-state index in [1.54, 1.807) is 23.4 Å². The van der Waals surface area contributed by atoms with Crippen LogP contribution >= 0.6 is 0 Å². The van der Waals surface area contributed by atoms with Gasteiger partial charge >= 0.3 is 0 Å². The molecule has 3 aromatic heterocycles. The number of benzene rings is 1. The normalized spacial score (nSPS) is 14.4. The first kappa shape index (κ1) is 19.2. The lowest BCUT2D eigenvalue weighted by atomic mass is 10.2. The monoisotopic (exact) mass is 417 g/mol. The lowest BCUT2D eigenvalue weighted by Gasteiger charge is -2.35. The fourth-order valence-electron chi connectivity index (χ4n) is 3.90. The smallest absolute Gasteiger partial charge is 0.223 e. The van der Waals surface area contributed by atoms with Crippen LogP contribution in [0.4, 0.5) is 5.82 Å². The van der Waals surface area contributed by atoms with E-state index in [-0.39, 0.29) is 5.91 Å². The minimum Gasteiger partial charge on any atom is -0.441 e. The number of carbonyl (C=O) groups is 1. The van der Waals surface area contributed by atoms with Gasteiger partial charge in [-0.3, -0.25) is 9.48 Å². The SMILES string of the molecule is Cn1ncc2c(N3CCN(C(=O)CCc4ncc(-c5ccccc5)o4)CC3)ncnc21. The van der Waals surface area contributed by atoms with Crippen LogP contribution in [0.5, 0.6) is 0 Å². The number of aromatic nitrogens is 5. The van der Waals surface area contributed by atoms with E-state index in [0.29, 0.717) is 31.8 Å². The van der Waals surface area contributed by atoms with Crippen LogP contribution in [0.3, 0.4) is 0 Å². The maximum Gasteiger partial charge on any atom is 0.223 e. The summed E-state index contributed by atoms with van der Waals surface area (Å²) in [5.74, 6) is 2.31. The Balaban J connectivity index is 1.17. The highest BCUT2D eigenvalue weighted by Gasteiger charge is 2.24. The number of amides is 1. The second-order valence-electron chi connectivity index (χ2n) is 7.55. The van der Waals surface area contributed by atoms with Crippen molar-refractivity contribution in [1.29, 1.82) is 0 Å². The minimum absolute atomic E-state index is 0.119. The zero-order valence-corrected chi connectivity index (χ0v) is 17.3. The van der Waals surface area contributed by atoms with E-state index in [0.717, 1.165) is 41.3 Å². The molecule has 1 aliphatic rings. The Morgan fingerprint density at radius 1 is 1.03 bits per heavy atom. The summed E-state index contributed by atoms with van der Waals surface area (Å²) in [6.45, 7) is 2.77. The Labute approximate surface area is 179 Å². The van der Waals surface area contributed by atoms with E-state index < -0.39 is 0 Å². The number of hydrogen-bond acceptors (Lipinski definition) is 7. The lowest BCUT2D eigenvalue weighted by molar-refractivity contribution is -0.131. The summed E-state index contributed by atoms with van der Waals surface area (Å²) in [5.41, 5.74) is 1.79. The standard InChI is InChI=1S/C22H23N7O2/c1-27-21-17(13-26-27)22(25-15-24-21)29-11-9-28(10-12-29)20(30)8-7-19-23-14-18(31-19)16-5-3-2-4-6-16/h2-6,13-15H,7-12H2,1H3. The predicted molar refractivity (Wildman–Crippen MR) is 115 cm³/mol. The summed E-state index contributed by atoms with van der Waals surface area (Å²) >= 11 is 0. The molecule has 1 amide bonds. The molecule has 1 aliphatic heterocycles. The van der Waals surface area contributed by atoms with Gasteiger partial charge in [0, 0.05) is 51.6 Å². The van der Waals surface area contributed by atoms with Gasteiger partial charge in [-0.1, -0.05) is 30.3 Å². The summed E-state index contributed by atoms with van der Waals surface area (Å²) in [5, 5.41) is 5.21. The third-order valence-corrected chi connectivity index (χ3v) is 5.60. The molecule has 4 aromatic rings. The number of nitrogens with zero attached hydrogens (tertiary/aromatic N) is 7. The molecule has 0 unspecified atom stereocenters. The molecule has 0 saturated carbocycles. The quantitative estimate of drug-likeness (QED) is 0.492. The van der Waals surface area contributed by atoms with Gasteiger partial charge in [0.15, 0.2) is 17.3 Å². The second-order valence-corrected chi connectivity index (χ2v) is 7.55. The van der Waals surface area contributed by atoms with Crippen molar-refractivity contribution in [3.63, 3.8) is 0 Å². The van der Waals surface area contributed by atoms with Crippen molar-refractivity contribution in [3.05, 3.63) is 54.9 Å². The highest BCUT2D eigenvalue weighted by Crippen LogP contribution is 2.24. The topological polar surface area (TPSA) is 93.2 Å². The minimum atomic E-state index is 0.119. The van der Waals surface area contributed by atoms with Gasteiger partial charge in [-0.2, -0.15) is 5.10 Å². The molecule has 9 nitrogen and oxygen atoms in total. The molecule has 158 valence electrons. The molecular weight excluding hydrogens is 394 g/mol. The maximum atomic E-state index is 12.7. The zero-order valence-electron chi connectivity index (χ0n) is 17.3. The number of piperazine rings is 1. The number of anilines is 1. The fourth-order valence-corrected chi connectivity index (χ4v) is 3.90. The van der Waals surface area contributed by atoms with Crippen molar-refractivity contribution >= 4 is 22.8 Å². The number of carbonyl (C=O) groups excluding carboxylic acids is 1. The highest BCUT2D eigenvalue weighted by molar-refractivity contribution is 5.86. The lowest BCUT2D eigenvalue weighted by Crippen LogP contribution is -2.49. The number of rotatable bonds is 5. The summed E-state index contributed by atoms with van der Waals surface area (Å²) in [6, 6.07) is 9.84. The molecule has 0 N–H and O–H groups in total. The molecule has 0 radical (unpaired) electrons. The van der Waals surface area contributed by atoms with Gasteiger partial charge in [-0.25, -0.2) is 15.0 Å². The molecular formula is C22H23N7O2. The van der Waals surface area contributed by atoms with Crippen molar-refractivity contribution in [2.24, 2.45) is 7.05 Å². The van der Waals surface area contributed by atoms with Crippen LogP contribution in [0.1, 0.15) is 12.3 Å². The maximum absolute atomic E-state index is 12.7. The zero-order chi connectivity index (χ0) is 21.2. The molecule has 1 aromatic carbocycles. The number of aryl methyl sites for hydroxylation is 2. The molecule has 5 rings (SSSR count). The van der Waals surface area contributed by atoms with E-state index >= 15 is 0 Å². The van der Waals surface area contributed by atoms with Crippen LogP contribution in [-0.4, -0.2) is 61.7 Å². The third-order valence-electron chi connectivity index (χ3n) is 5.60. The van der Waals surface area contributed by atoms with Gasteiger partial charge < -0.3 is 14.2 Å². The Hall–Kier alpha value is -3.75. The van der Waals surface area contributed by atoms with Crippen LogP contribution in [0.25, 0.3) is 22.4 Å². The summed E-state index contributed by atoms with van der Waals surface area (Å²) in [6.07, 6.45) is 5.96. The molecule has 0 aliphatic carbocycles. The van der Waals surface area contributed by atoms with Crippen LogP contribution in [-0.2, 0) is 18.3 Å². The number of oxazole rings is 1. The average Bonchev–Trinajstić information content (AvgIpc) is 3.45. The van der Waals surface area contributed by atoms with Crippen molar-refractivity contribution in [2.45, 2.75) is 12.8 Å². The Morgan fingerprint density at radius 3 is 2.65 bits per heavy atom. The van der Waals surface area contributed by atoms with Gasteiger partial charge in [-0.05, 0) is 0 Å². The van der Waals surface area contributed by atoms with E-state index in [4.69, 9.17) is 4.42 Å². The van der Waals surface area contributed by atoms with Gasteiger partial charge in [0.1, 0.15) is 12.1 Å². The predicted octanol–water partition coefficient (Wildman–Crippen LogP) is 2.30. The molecule has 4 heterocycles. The Bertz CT molecular complexity index is 1190. The molecule has 0 spiro atoms. The fraction of sp³-hybridized carbons (Fsp3) is 0.318. The van der Waals surface area contributed by atoms with Gasteiger partial charge in [-0.15, -0.1) is 0 Å². The van der Waals surface area contributed by atoms with E-state index in [1.807, 2.05) is 42.3 Å². The van der Waals surface area contributed by atoms with Crippen LogP contribution < -0.4 is 4.90 Å². The number of fused-ring (bicyclic) bond motifs is 1. The summed E-state index contributed by atoms with van der Waals surface area (Å²) in [4.78, 5) is 29.9. The number of hydrogen-bond donors (Lipinski definition) is 0. The molecule has 9 heteroatoms. The highest BCUT2D eigenvalue weighted by atomic mass is 16.4. The summed E-state index contributed by atoms with van der Waals surface area (Å²) in [7, 11) is 1.87. The molecule has 1 fully saturated rings. The van der Waals surface area contributed by atoms with Crippen molar-refractivity contribution in [3.8, 4) is 11.3 Å². The molecule has 0 atom stereocenters. The van der Waals surface area contributed by atoms with Crippen molar-refractivity contribution < 1.29 is 9.21 Å². The van der Waals surface area contributed by atoms with Crippen molar-refractivity contribution in [1.82, 2.24) is 29.6 Å². The van der Waals surface area contributed by atoms with Gasteiger partial charge in [0.05, 0.1) is 17.8 Å². The Morgan fingerprint density at radius 2 is 1.84 bits per heavy atom. The Kier molecular flexibility index (Phi) is 5.07. The van der Waals surface area contributed by atoms with E-state index in [2.05, 4.69) is 25.0 Å². The van der Waals surface area contributed by atoms with Crippen molar-refractivity contribution in [2.75, 3.05) is 31.1 Å².